The lowest BCUT2D eigenvalue weighted by Crippen LogP contribution is -2.21. The fraction of sp³-hybridized carbons (Fsp3) is 0.778. The fourth-order valence-electron chi connectivity index (χ4n) is 0.994. The van der Waals surface area contributed by atoms with Crippen molar-refractivity contribution in [3.63, 3.8) is 0 Å². The van der Waals surface area contributed by atoms with Crippen LogP contribution in [-0.4, -0.2) is 19.0 Å². The summed E-state index contributed by atoms with van der Waals surface area (Å²) >= 11 is 0. The molecule has 0 aliphatic heterocycles. The van der Waals surface area contributed by atoms with Gasteiger partial charge in [-0.25, -0.2) is 0 Å². The Morgan fingerprint density at radius 1 is 1.08 bits per heavy atom. The quantitative estimate of drug-likeness (QED) is 0.423. The minimum atomic E-state index is -1.01. The monoisotopic (exact) mass is 187 g/mol. The first-order valence-corrected chi connectivity index (χ1v) is 4.43. The van der Waals surface area contributed by atoms with E-state index >= 15 is 0 Å². The first-order valence-electron chi connectivity index (χ1n) is 4.43. The standard InChI is InChI=1S/C9H16O4/c1-13-9(12)7-5-3-2-4-6-8(10)11/h2-7H2,1H3,(H,10,11)/p-1. The van der Waals surface area contributed by atoms with Crippen LogP contribution in [0.25, 0.3) is 0 Å². The van der Waals surface area contributed by atoms with Crippen molar-refractivity contribution in [3.8, 4) is 0 Å². The molecule has 0 atom stereocenters. The Labute approximate surface area is 77.9 Å². The van der Waals surface area contributed by atoms with E-state index in [1.807, 2.05) is 0 Å². The lowest BCUT2D eigenvalue weighted by Gasteiger charge is -2.01. The largest absolute Gasteiger partial charge is 0.550 e. The van der Waals surface area contributed by atoms with Gasteiger partial charge in [-0.05, 0) is 19.3 Å². The van der Waals surface area contributed by atoms with Gasteiger partial charge in [0.2, 0.25) is 0 Å². The first-order chi connectivity index (χ1) is 6.16. The van der Waals surface area contributed by atoms with Crippen LogP contribution >= 0.6 is 0 Å². The highest BCUT2D eigenvalue weighted by Crippen LogP contribution is 2.05. The number of esters is 1. The topological polar surface area (TPSA) is 66.4 Å². The van der Waals surface area contributed by atoms with Crippen molar-refractivity contribution in [1.82, 2.24) is 0 Å². The molecule has 0 bridgehead atoms. The first kappa shape index (κ1) is 11.9. The van der Waals surface area contributed by atoms with Crippen molar-refractivity contribution < 1.29 is 19.4 Å². The minimum absolute atomic E-state index is 0.109. The van der Waals surface area contributed by atoms with E-state index < -0.39 is 5.97 Å². The van der Waals surface area contributed by atoms with Gasteiger partial charge < -0.3 is 14.6 Å². The maximum absolute atomic E-state index is 10.6. The molecule has 0 aliphatic rings. The van der Waals surface area contributed by atoms with E-state index in [1.54, 1.807) is 0 Å². The zero-order valence-electron chi connectivity index (χ0n) is 7.88. The van der Waals surface area contributed by atoms with E-state index in [-0.39, 0.29) is 12.4 Å². The summed E-state index contributed by atoms with van der Waals surface area (Å²) in [5, 5.41) is 10.0. The molecule has 0 aliphatic carbocycles. The molecule has 0 amide bonds. The number of carbonyl (C=O) groups is 2. The minimum Gasteiger partial charge on any atom is -0.550 e. The summed E-state index contributed by atoms with van der Waals surface area (Å²) in [5.41, 5.74) is 0. The van der Waals surface area contributed by atoms with Crippen molar-refractivity contribution >= 4 is 11.9 Å². The van der Waals surface area contributed by atoms with E-state index in [9.17, 15) is 14.7 Å². The lowest BCUT2D eigenvalue weighted by atomic mass is 10.1. The number of hydrogen-bond acceptors (Lipinski definition) is 4. The smallest absolute Gasteiger partial charge is 0.305 e. The number of methoxy groups -OCH3 is 1. The Balaban J connectivity index is 3.08. The molecule has 4 nitrogen and oxygen atoms in total. The second-order valence-electron chi connectivity index (χ2n) is 2.86. The number of carboxylic acids is 1. The predicted molar refractivity (Wildman–Crippen MR) is 44.7 cm³/mol. The number of ether oxygens (including phenoxy) is 1. The molecular weight excluding hydrogens is 172 g/mol. The molecule has 0 aromatic heterocycles. The molecule has 0 spiro atoms. The van der Waals surface area contributed by atoms with Crippen molar-refractivity contribution in [3.05, 3.63) is 0 Å². The number of carboxylic acid groups (broad SMARTS) is 1. The van der Waals surface area contributed by atoms with Crippen LogP contribution in [-0.2, 0) is 14.3 Å². The molecule has 0 N–H and O–H groups in total. The molecule has 76 valence electrons. The Morgan fingerprint density at radius 3 is 2.08 bits per heavy atom. The molecule has 0 saturated carbocycles. The molecule has 0 saturated heterocycles. The Hall–Kier alpha value is -1.06. The number of rotatable bonds is 7. The number of unbranched alkanes of at least 4 members (excludes halogenated alkanes) is 3. The van der Waals surface area contributed by atoms with Gasteiger partial charge in [0, 0.05) is 12.4 Å². The molecule has 0 radical (unpaired) electrons. The Bertz CT molecular complexity index is 165. The van der Waals surface area contributed by atoms with Gasteiger partial charge in [-0.2, -0.15) is 0 Å². The summed E-state index contributed by atoms with van der Waals surface area (Å²) in [6.07, 6.45) is 3.61. The summed E-state index contributed by atoms with van der Waals surface area (Å²) in [5.74, 6) is -1.21. The van der Waals surface area contributed by atoms with Crippen molar-refractivity contribution in [2.24, 2.45) is 0 Å². The van der Waals surface area contributed by atoms with Crippen LogP contribution in [0.1, 0.15) is 38.5 Å². The Kier molecular flexibility index (Phi) is 6.96. The molecule has 0 aromatic carbocycles. The zero-order valence-corrected chi connectivity index (χ0v) is 7.88. The number of hydrogen-bond donors (Lipinski definition) is 0. The van der Waals surface area contributed by atoms with Gasteiger partial charge in [-0.1, -0.05) is 12.8 Å². The highest BCUT2D eigenvalue weighted by atomic mass is 16.5. The predicted octanol–water partition coefficient (Wildman–Crippen LogP) is 0.250. The normalized spacial score (nSPS) is 9.62. The van der Waals surface area contributed by atoms with Gasteiger partial charge in [0.05, 0.1) is 7.11 Å². The second-order valence-corrected chi connectivity index (χ2v) is 2.86. The van der Waals surface area contributed by atoms with E-state index in [0.717, 1.165) is 19.3 Å². The van der Waals surface area contributed by atoms with Gasteiger partial charge in [-0.3, -0.25) is 4.79 Å². The summed E-state index contributed by atoms with van der Waals surface area (Å²) in [4.78, 5) is 20.6. The highest BCUT2D eigenvalue weighted by Gasteiger charge is 1.98. The third-order valence-corrected chi connectivity index (χ3v) is 1.74. The number of aliphatic carboxylic acids is 1. The van der Waals surface area contributed by atoms with Gasteiger partial charge in [0.25, 0.3) is 0 Å². The molecule has 0 aromatic rings. The summed E-state index contributed by atoms with van der Waals surface area (Å²) in [6.45, 7) is 0. The summed E-state index contributed by atoms with van der Waals surface area (Å²) in [7, 11) is 1.36. The van der Waals surface area contributed by atoms with Crippen LogP contribution in [0, 0.1) is 0 Å². The maximum Gasteiger partial charge on any atom is 0.305 e. The van der Waals surface area contributed by atoms with Gasteiger partial charge in [-0.15, -0.1) is 0 Å². The third-order valence-electron chi connectivity index (χ3n) is 1.74. The molecule has 4 heteroatoms. The zero-order chi connectivity index (χ0) is 10.1. The Morgan fingerprint density at radius 2 is 1.62 bits per heavy atom. The van der Waals surface area contributed by atoms with E-state index in [4.69, 9.17) is 0 Å². The fourth-order valence-corrected chi connectivity index (χ4v) is 0.994. The molecule has 0 rings (SSSR count). The molecule has 0 fully saturated rings. The van der Waals surface area contributed by atoms with E-state index in [2.05, 4.69) is 4.74 Å². The molecule has 0 unspecified atom stereocenters. The number of carbonyl (C=O) groups excluding carboxylic acids is 2. The third kappa shape index (κ3) is 8.85. The van der Waals surface area contributed by atoms with Crippen LogP contribution in [0.15, 0.2) is 0 Å². The summed E-state index contributed by atoms with van der Waals surface area (Å²) in [6, 6.07) is 0. The van der Waals surface area contributed by atoms with Crippen LogP contribution in [0.3, 0.4) is 0 Å². The second kappa shape index (κ2) is 7.58. The van der Waals surface area contributed by atoms with Crippen molar-refractivity contribution in [1.29, 1.82) is 0 Å². The summed E-state index contributed by atoms with van der Waals surface area (Å²) < 4.78 is 4.45. The van der Waals surface area contributed by atoms with Crippen molar-refractivity contribution in [2.75, 3.05) is 7.11 Å². The van der Waals surface area contributed by atoms with Gasteiger partial charge in [0.15, 0.2) is 0 Å². The van der Waals surface area contributed by atoms with Crippen molar-refractivity contribution in [2.45, 2.75) is 38.5 Å². The SMILES string of the molecule is COC(=O)CCCCCCC(=O)[O-]. The molecule has 13 heavy (non-hydrogen) atoms. The highest BCUT2D eigenvalue weighted by molar-refractivity contribution is 5.68. The molecular formula is C9H15O4-. The van der Waals surface area contributed by atoms with E-state index in [0.29, 0.717) is 12.8 Å². The molecule has 0 heterocycles. The average molecular weight is 187 g/mol. The maximum atomic E-state index is 10.6. The van der Waals surface area contributed by atoms with Crippen LogP contribution in [0.5, 0.6) is 0 Å². The lowest BCUT2D eigenvalue weighted by molar-refractivity contribution is -0.305. The van der Waals surface area contributed by atoms with Crippen LogP contribution in [0.2, 0.25) is 0 Å². The van der Waals surface area contributed by atoms with Gasteiger partial charge in [0.1, 0.15) is 0 Å². The van der Waals surface area contributed by atoms with Crippen LogP contribution < -0.4 is 5.11 Å². The van der Waals surface area contributed by atoms with E-state index in [1.165, 1.54) is 7.11 Å². The average Bonchev–Trinajstić information content (AvgIpc) is 2.10. The van der Waals surface area contributed by atoms with Gasteiger partial charge >= 0.3 is 5.97 Å². The van der Waals surface area contributed by atoms with Crippen LogP contribution in [0.4, 0.5) is 0 Å².